The smallest absolute Gasteiger partial charge is 0.0453 e. The third-order valence-corrected chi connectivity index (χ3v) is 4.08. The molecule has 0 aliphatic carbocycles. The first-order valence-corrected chi connectivity index (χ1v) is 7.35. The molecule has 0 heterocycles. The number of nitrogen functional groups attached to an aromatic ring is 1. The second kappa shape index (κ2) is 7.20. The lowest BCUT2D eigenvalue weighted by atomic mass is 10.3. The summed E-state index contributed by atoms with van der Waals surface area (Å²) in [5.74, 6) is 1.09. The van der Waals surface area contributed by atoms with E-state index in [1.54, 1.807) is 0 Å². The van der Waals surface area contributed by atoms with E-state index in [0.29, 0.717) is 0 Å². The van der Waals surface area contributed by atoms with Crippen LogP contribution in [0.2, 0.25) is 0 Å². The Kier molecular flexibility index (Phi) is 6.24. The molecule has 0 bridgehead atoms. The normalized spacial score (nSPS) is 11.0. The molecule has 0 fully saturated rings. The average molecular weight is 303 g/mol. The van der Waals surface area contributed by atoms with Gasteiger partial charge in [-0.15, -0.1) is 11.8 Å². The Bertz CT molecular complexity index is 327. The zero-order chi connectivity index (χ0) is 12.0. The number of nitrogens with two attached hydrogens (primary N) is 1. The summed E-state index contributed by atoms with van der Waals surface area (Å²) in [5, 5.41) is 0. The van der Waals surface area contributed by atoms with E-state index in [4.69, 9.17) is 5.73 Å². The Morgan fingerprint density at radius 3 is 2.62 bits per heavy atom. The van der Waals surface area contributed by atoms with Crippen molar-refractivity contribution in [3.8, 4) is 0 Å². The van der Waals surface area contributed by atoms with Crippen LogP contribution >= 0.6 is 27.7 Å². The first-order chi connectivity index (χ1) is 7.67. The first kappa shape index (κ1) is 13.9. The van der Waals surface area contributed by atoms with Gasteiger partial charge in [0.05, 0.1) is 0 Å². The van der Waals surface area contributed by atoms with Gasteiger partial charge in [-0.05, 0) is 31.3 Å². The summed E-state index contributed by atoms with van der Waals surface area (Å²) in [6.45, 7) is 7.74. The molecule has 2 nitrogen and oxygen atoms in total. The molecule has 0 amide bonds. The van der Waals surface area contributed by atoms with Gasteiger partial charge in [0.25, 0.3) is 0 Å². The van der Waals surface area contributed by atoms with E-state index in [0.717, 1.165) is 35.5 Å². The number of nitrogens with zero attached hydrogens (tertiary/aromatic N) is 1. The van der Waals surface area contributed by atoms with Crippen LogP contribution in [0.4, 0.5) is 5.69 Å². The summed E-state index contributed by atoms with van der Waals surface area (Å²) in [4.78, 5) is 3.59. The Morgan fingerprint density at radius 1 is 1.31 bits per heavy atom. The average Bonchev–Trinajstić information content (AvgIpc) is 2.29. The van der Waals surface area contributed by atoms with Crippen molar-refractivity contribution in [1.29, 1.82) is 0 Å². The summed E-state index contributed by atoms with van der Waals surface area (Å²) in [6.07, 6.45) is 0. The number of anilines is 1. The fourth-order valence-electron chi connectivity index (χ4n) is 1.46. The predicted octanol–water partition coefficient (Wildman–Crippen LogP) is 3.47. The Labute approximate surface area is 111 Å². The highest BCUT2D eigenvalue weighted by molar-refractivity contribution is 9.10. The van der Waals surface area contributed by atoms with Crippen molar-refractivity contribution in [2.45, 2.75) is 18.7 Å². The van der Waals surface area contributed by atoms with Crippen molar-refractivity contribution >= 4 is 33.4 Å². The van der Waals surface area contributed by atoms with Gasteiger partial charge in [0.15, 0.2) is 0 Å². The van der Waals surface area contributed by atoms with E-state index in [1.165, 1.54) is 4.90 Å². The second-order valence-electron chi connectivity index (χ2n) is 3.56. The molecule has 1 rings (SSSR count). The maximum Gasteiger partial charge on any atom is 0.0453 e. The fourth-order valence-corrected chi connectivity index (χ4v) is 2.98. The lowest BCUT2D eigenvalue weighted by molar-refractivity contribution is 0.324. The molecule has 0 atom stereocenters. The topological polar surface area (TPSA) is 29.3 Å². The Balaban J connectivity index is 2.45. The van der Waals surface area contributed by atoms with Gasteiger partial charge in [-0.1, -0.05) is 29.8 Å². The van der Waals surface area contributed by atoms with E-state index in [9.17, 15) is 0 Å². The number of rotatable bonds is 6. The van der Waals surface area contributed by atoms with Gasteiger partial charge >= 0.3 is 0 Å². The van der Waals surface area contributed by atoms with Crippen LogP contribution in [-0.4, -0.2) is 30.3 Å². The second-order valence-corrected chi connectivity index (χ2v) is 5.61. The zero-order valence-electron chi connectivity index (χ0n) is 9.87. The maximum atomic E-state index is 5.92. The fraction of sp³-hybridized carbons (Fsp3) is 0.500. The molecule has 0 saturated carbocycles. The van der Waals surface area contributed by atoms with Crippen LogP contribution in [0.15, 0.2) is 27.6 Å². The molecule has 0 saturated heterocycles. The van der Waals surface area contributed by atoms with Crippen LogP contribution in [0.1, 0.15) is 13.8 Å². The summed E-state index contributed by atoms with van der Waals surface area (Å²) < 4.78 is 1.09. The molecule has 0 spiro atoms. The monoisotopic (exact) mass is 302 g/mol. The molecular formula is C12H19BrN2S. The molecule has 90 valence electrons. The van der Waals surface area contributed by atoms with E-state index in [2.05, 4.69) is 40.7 Å². The molecule has 2 N–H and O–H groups in total. The number of halogens is 1. The van der Waals surface area contributed by atoms with Crippen LogP contribution in [-0.2, 0) is 0 Å². The molecule has 16 heavy (non-hydrogen) atoms. The third-order valence-electron chi connectivity index (χ3n) is 2.54. The molecule has 0 radical (unpaired) electrons. The molecule has 0 unspecified atom stereocenters. The van der Waals surface area contributed by atoms with Crippen LogP contribution in [0.5, 0.6) is 0 Å². The van der Waals surface area contributed by atoms with E-state index in [1.807, 2.05) is 23.9 Å². The van der Waals surface area contributed by atoms with Crippen LogP contribution in [0.3, 0.4) is 0 Å². The summed E-state index contributed by atoms with van der Waals surface area (Å²) in [7, 11) is 0. The molecular weight excluding hydrogens is 284 g/mol. The minimum Gasteiger partial charge on any atom is -0.398 e. The lowest BCUT2D eigenvalue weighted by Gasteiger charge is -2.17. The van der Waals surface area contributed by atoms with Crippen molar-refractivity contribution in [2.24, 2.45) is 0 Å². The van der Waals surface area contributed by atoms with Crippen LogP contribution < -0.4 is 5.73 Å². The van der Waals surface area contributed by atoms with E-state index < -0.39 is 0 Å². The summed E-state index contributed by atoms with van der Waals surface area (Å²) in [5.41, 5.74) is 6.78. The van der Waals surface area contributed by atoms with Gasteiger partial charge in [-0.25, -0.2) is 0 Å². The van der Waals surface area contributed by atoms with Crippen LogP contribution in [0, 0.1) is 0 Å². The summed E-state index contributed by atoms with van der Waals surface area (Å²) >= 11 is 5.29. The van der Waals surface area contributed by atoms with E-state index >= 15 is 0 Å². The highest BCUT2D eigenvalue weighted by atomic mass is 79.9. The molecule has 0 aromatic heterocycles. The number of hydrogen-bond donors (Lipinski definition) is 1. The molecule has 1 aromatic carbocycles. The molecule has 1 aromatic rings. The first-order valence-electron chi connectivity index (χ1n) is 5.57. The minimum absolute atomic E-state index is 0.868. The Morgan fingerprint density at radius 2 is 2.00 bits per heavy atom. The SMILES string of the molecule is CCN(CC)CCSc1cc(Br)ccc1N. The maximum absolute atomic E-state index is 5.92. The van der Waals surface area contributed by atoms with Gasteiger partial charge in [0.2, 0.25) is 0 Å². The van der Waals surface area contributed by atoms with Crippen molar-refractivity contribution in [3.05, 3.63) is 22.7 Å². The molecule has 0 aliphatic rings. The number of benzene rings is 1. The number of hydrogen-bond acceptors (Lipinski definition) is 3. The lowest BCUT2D eigenvalue weighted by Crippen LogP contribution is -2.25. The van der Waals surface area contributed by atoms with E-state index in [-0.39, 0.29) is 0 Å². The standard InChI is InChI=1S/C12H19BrN2S/c1-3-15(4-2)7-8-16-12-9-10(13)5-6-11(12)14/h5-6,9H,3-4,7-8,14H2,1-2H3. The highest BCUT2D eigenvalue weighted by Gasteiger charge is 2.03. The van der Waals surface area contributed by atoms with Crippen molar-refractivity contribution < 1.29 is 0 Å². The zero-order valence-corrected chi connectivity index (χ0v) is 12.3. The summed E-state index contributed by atoms with van der Waals surface area (Å²) in [6, 6.07) is 6.01. The van der Waals surface area contributed by atoms with Crippen molar-refractivity contribution in [2.75, 3.05) is 31.1 Å². The number of thioether (sulfide) groups is 1. The van der Waals surface area contributed by atoms with Gasteiger partial charge in [0, 0.05) is 27.4 Å². The molecule has 4 heteroatoms. The van der Waals surface area contributed by atoms with Gasteiger partial charge in [-0.2, -0.15) is 0 Å². The van der Waals surface area contributed by atoms with Crippen molar-refractivity contribution in [3.63, 3.8) is 0 Å². The van der Waals surface area contributed by atoms with Crippen molar-refractivity contribution in [1.82, 2.24) is 4.90 Å². The van der Waals surface area contributed by atoms with Gasteiger partial charge in [0.1, 0.15) is 0 Å². The van der Waals surface area contributed by atoms with Gasteiger partial charge < -0.3 is 10.6 Å². The molecule has 0 aliphatic heterocycles. The minimum atomic E-state index is 0.868. The highest BCUT2D eigenvalue weighted by Crippen LogP contribution is 2.28. The quantitative estimate of drug-likeness (QED) is 0.644. The van der Waals surface area contributed by atoms with Gasteiger partial charge in [-0.3, -0.25) is 0 Å². The van der Waals surface area contributed by atoms with Crippen LogP contribution in [0.25, 0.3) is 0 Å². The Hall–Kier alpha value is -0.190. The third kappa shape index (κ3) is 4.36. The largest absolute Gasteiger partial charge is 0.398 e. The predicted molar refractivity (Wildman–Crippen MR) is 77.1 cm³/mol.